The van der Waals surface area contributed by atoms with Gasteiger partial charge in [-0.05, 0) is 30.3 Å². The summed E-state index contributed by atoms with van der Waals surface area (Å²) in [5, 5.41) is 24.0. The van der Waals surface area contributed by atoms with Gasteiger partial charge >= 0.3 is 12.0 Å². The number of aromatic carboxylic acids is 1. The number of para-hydroxylation sites is 1. The van der Waals surface area contributed by atoms with Crippen LogP contribution >= 0.6 is 11.6 Å². The summed E-state index contributed by atoms with van der Waals surface area (Å²) in [6, 6.07) is 9.92. The van der Waals surface area contributed by atoms with Crippen LogP contribution in [0.4, 0.5) is 16.2 Å². The van der Waals surface area contributed by atoms with Gasteiger partial charge in [0.1, 0.15) is 5.56 Å². The first kappa shape index (κ1) is 14.7. The van der Waals surface area contributed by atoms with Crippen LogP contribution in [-0.4, -0.2) is 22.2 Å². The van der Waals surface area contributed by atoms with Gasteiger partial charge in [0.15, 0.2) is 5.75 Å². The number of carbonyl (C=O) groups is 2. The average molecular weight is 307 g/mol. The molecule has 0 aliphatic carbocycles. The standard InChI is InChI=1S/C14H11ClN2O4/c15-8-3-1-4-9(7-8)16-14(21)17-11-6-2-5-10(12(11)18)13(19)20/h1-7,18H,(H,19,20)(H2,16,17,21). The van der Waals surface area contributed by atoms with Gasteiger partial charge in [-0.1, -0.05) is 23.7 Å². The number of carboxylic acids is 1. The number of urea groups is 1. The molecular formula is C14H11ClN2O4. The number of carbonyl (C=O) groups excluding carboxylic acids is 1. The molecule has 0 spiro atoms. The fourth-order valence-electron chi connectivity index (χ4n) is 1.67. The monoisotopic (exact) mass is 306 g/mol. The number of aromatic hydroxyl groups is 1. The SMILES string of the molecule is O=C(Nc1cccc(Cl)c1)Nc1cccc(C(=O)O)c1O. The quantitative estimate of drug-likeness (QED) is 0.653. The van der Waals surface area contributed by atoms with Gasteiger partial charge in [0.05, 0.1) is 5.69 Å². The van der Waals surface area contributed by atoms with Crippen LogP contribution in [0, 0.1) is 0 Å². The highest BCUT2D eigenvalue weighted by Gasteiger charge is 2.14. The zero-order valence-corrected chi connectivity index (χ0v) is 11.4. The molecule has 6 nitrogen and oxygen atoms in total. The highest BCUT2D eigenvalue weighted by Crippen LogP contribution is 2.27. The molecule has 2 aromatic carbocycles. The first-order valence-electron chi connectivity index (χ1n) is 5.86. The molecule has 108 valence electrons. The van der Waals surface area contributed by atoms with Crippen molar-refractivity contribution in [3.8, 4) is 5.75 Å². The highest BCUT2D eigenvalue weighted by atomic mass is 35.5. The van der Waals surface area contributed by atoms with E-state index in [1.54, 1.807) is 24.3 Å². The van der Waals surface area contributed by atoms with Crippen molar-refractivity contribution in [2.24, 2.45) is 0 Å². The Morgan fingerprint density at radius 1 is 1.05 bits per heavy atom. The first-order valence-corrected chi connectivity index (χ1v) is 6.24. The van der Waals surface area contributed by atoms with E-state index in [4.69, 9.17) is 16.7 Å². The van der Waals surface area contributed by atoms with Crippen molar-refractivity contribution < 1.29 is 19.8 Å². The number of rotatable bonds is 3. The van der Waals surface area contributed by atoms with Crippen molar-refractivity contribution in [1.82, 2.24) is 0 Å². The maximum atomic E-state index is 11.8. The molecule has 2 rings (SSSR count). The van der Waals surface area contributed by atoms with Gasteiger partial charge in [-0.15, -0.1) is 0 Å². The van der Waals surface area contributed by atoms with Crippen LogP contribution in [0.2, 0.25) is 5.02 Å². The second-order valence-electron chi connectivity index (χ2n) is 4.10. The highest BCUT2D eigenvalue weighted by molar-refractivity contribution is 6.30. The predicted octanol–water partition coefficient (Wildman–Crippen LogP) is 3.39. The normalized spacial score (nSPS) is 9.95. The van der Waals surface area contributed by atoms with Gasteiger partial charge in [0.25, 0.3) is 0 Å². The maximum Gasteiger partial charge on any atom is 0.339 e. The molecule has 0 bridgehead atoms. The summed E-state index contributed by atoms with van der Waals surface area (Å²) in [5.41, 5.74) is 0.166. The Balaban J connectivity index is 2.13. The summed E-state index contributed by atoms with van der Waals surface area (Å²) in [4.78, 5) is 22.7. The smallest absolute Gasteiger partial charge is 0.339 e. The van der Waals surface area contributed by atoms with Gasteiger partial charge in [-0.3, -0.25) is 0 Å². The summed E-state index contributed by atoms with van der Waals surface area (Å²) in [5.74, 6) is -1.79. The molecule has 0 aliphatic heterocycles. The van der Waals surface area contributed by atoms with E-state index in [9.17, 15) is 14.7 Å². The minimum Gasteiger partial charge on any atom is -0.505 e. The lowest BCUT2D eigenvalue weighted by molar-refractivity contribution is 0.0694. The minimum absolute atomic E-state index is 0.00516. The molecule has 0 atom stereocenters. The molecule has 0 radical (unpaired) electrons. The lowest BCUT2D eigenvalue weighted by Gasteiger charge is -2.10. The van der Waals surface area contributed by atoms with Gasteiger partial charge in [-0.2, -0.15) is 0 Å². The Hall–Kier alpha value is -2.73. The van der Waals surface area contributed by atoms with Crippen molar-refractivity contribution in [3.05, 3.63) is 53.1 Å². The molecule has 0 fully saturated rings. The topological polar surface area (TPSA) is 98.7 Å². The number of amides is 2. The Kier molecular flexibility index (Phi) is 4.30. The van der Waals surface area contributed by atoms with E-state index in [0.717, 1.165) is 0 Å². The molecular weight excluding hydrogens is 296 g/mol. The van der Waals surface area contributed by atoms with Gasteiger partial charge in [-0.25, -0.2) is 9.59 Å². The molecule has 0 saturated carbocycles. The third-order valence-corrected chi connectivity index (χ3v) is 2.83. The fraction of sp³-hybridized carbons (Fsp3) is 0. The zero-order valence-electron chi connectivity index (χ0n) is 10.6. The van der Waals surface area contributed by atoms with Gasteiger partial charge < -0.3 is 20.8 Å². The minimum atomic E-state index is -1.29. The Morgan fingerprint density at radius 3 is 2.43 bits per heavy atom. The van der Waals surface area contributed by atoms with Gasteiger partial charge in [0.2, 0.25) is 0 Å². The van der Waals surface area contributed by atoms with Crippen molar-refractivity contribution in [3.63, 3.8) is 0 Å². The van der Waals surface area contributed by atoms with Crippen molar-refractivity contribution in [1.29, 1.82) is 0 Å². The summed E-state index contributed by atoms with van der Waals surface area (Å²) in [6.45, 7) is 0. The molecule has 0 unspecified atom stereocenters. The number of anilines is 2. The van der Waals surface area contributed by atoms with Crippen LogP contribution in [0.25, 0.3) is 0 Å². The van der Waals surface area contributed by atoms with E-state index >= 15 is 0 Å². The average Bonchev–Trinajstić information content (AvgIpc) is 2.40. The maximum absolute atomic E-state index is 11.8. The Labute approximate surface area is 125 Å². The molecule has 2 amide bonds. The largest absolute Gasteiger partial charge is 0.505 e. The number of carboxylic acid groups (broad SMARTS) is 1. The van der Waals surface area contributed by atoms with Crippen molar-refractivity contribution in [2.45, 2.75) is 0 Å². The number of phenols is 1. The van der Waals surface area contributed by atoms with E-state index in [1.165, 1.54) is 18.2 Å². The second kappa shape index (κ2) is 6.15. The number of halogens is 1. The predicted molar refractivity (Wildman–Crippen MR) is 79.2 cm³/mol. The Morgan fingerprint density at radius 2 is 1.76 bits per heavy atom. The summed E-state index contributed by atoms with van der Waals surface area (Å²) in [6.07, 6.45) is 0. The number of hydrogen-bond donors (Lipinski definition) is 4. The fourth-order valence-corrected chi connectivity index (χ4v) is 1.86. The summed E-state index contributed by atoms with van der Waals surface area (Å²) in [7, 11) is 0. The summed E-state index contributed by atoms with van der Waals surface area (Å²) < 4.78 is 0. The molecule has 2 aromatic rings. The van der Waals surface area contributed by atoms with Crippen LogP contribution in [0.3, 0.4) is 0 Å². The molecule has 0 heterocycles. The van der Waals surface area contributed by atoms with Crippen LogP contribution in [0.15, 0.2) is 42.5 Å². The number of nitrogens with one attached hydrogen (secondary N) is 2. The van der Waals surface area contributed by atoms with E-state index < -0.39 is 17.7 Å². The van der Waals surface area contributed by atoms with Crippen molar-refractivity contribution >= 4 is 35.0 Å². The van der Waals surface area contributed by atoms with Crippen LogP contribution in [0.1, 0.15) is 10.4 Å². The number of hydrogen-bond acceptors (Lipinski definition) is 3. The molecule has 7 heteroatoms. The third-order valence-electron chi connectivity index (χ3n) is 2.60. The lowest BCUT2D eigenvalue weighted by Crippen LogP contribution is -2.19. The third kappa shape index (κ3) is 3.64. The molecule has 21 heavy (non-hydrogen) atoms. The van der Waals surface area contributed by atoms with E-state index in [2.05, 4.69) is 10.6 Å². The molecule has 0 aromatic heterocycles. The van der Waals surface area contributed by atoms with Crippen LogP contribution < -0.4 is 10.6 Å². The van der Waals surface area contributed by atoms with Crippen LogP contribution in [-0.2, 0) is 0 Å². The lowest BCUT2D eigenvalue weighted by atomic mass is 10.1. The van der Waals surface area contributed by atoms with E-state index in [-0.39, 0.29) is 11.3 Å². The van der Waals surface area contributed by atoms with Crippen molar-refractivity contribution in [2.75, 3.05) is 10.6 Å². The van der Waals surface area contributed by atoms with E-state index in [1.807, 2.05) is 0 Å². The zero-order chi connectivity index (χ0) is 15.4. The first-order chi connectivity index (χ1) is 9.97. The Bertz CT molecular complexity index is 703. The molecule has 4 N–H and O–H groups in total. The second-order valence-corrected chi connectivity index (χ2v) is 4.53. The van der Waals surface area contributed by atoms with Gasteiger partial charge in [0, 0.05) is 10.7 Å². The number of benzene rings is 2. The van der Waals surface area contributed by atoms with E-state index in [0.29, 0.717) is 10.7 Å². The molecule has 0 aliphatic rings. The summed E-state index contributed by atoms with van der Waals surface area (Å²) >= 11 is 5.79. The molecule has 0 saturated heterocycles. The van der Waals surface area contributed by atoms with Crippen LogP contribution in [0.5, 0.6) is 5.75 Å².